The Morgan fingerprint density at radius 1 is 1.13 bits per heavy atom. The number of hydrogen-bond acceptors (Lipinski definition) is 3. The van der Waals surface area contributed by atoms with E-state index in [1.807, 2.05) is 0 Å². The Bertz CT molecular complexity index is 796. The lowest BCUT2D eigenvalue weighted by atomic mass is 9.82. The molecule has 0 spiro atoms. The monoisotopic (exact) mass is 524 g/mol. The number of nitrogens with zero attached hydrogens (tertiary/aromatic N) is 3. The highest BCUT2D eigenvalue weighted by molar-refractivity contribution is 14.0. The van der Waals surface area contributed by atoms with Crippen LogP contribution in [0.2, 0.25) is 0 Å². The second-order valence-corrected chi connectivity index (χ2v) is 9.30. The van der Waals surface area contributed by atoms with Gasteiger partial charge < -0.3 is 19.9 Å². The van der Waals surface area contributed by atoms with Crippen molar-refractivity contribution < 1.29 is 9.53 Å². The lowest BCUT2D eigenvalue weighted by Crippen LogP contribution is -2.48. The van der Waals surface area contributed by atoms with Crippen molar-refractivity contribution >= 4 is 35.8 Å². The molecular weight excluding hydrogens is 491 g/mol. The van der Waals surface area contributed by atoms with Crippen molar-refractivity contribution in [2.75, 3.05) is 33.7 Å². The van der Waals surface area contributed by atoms with Gasteiger partial charge in [-0.3, -0.25) is 4.79 Å². The molecule has 2 bridgehead atoms. The van der Waals surface area contributed by atoms with E-state index in [0.29, 0.717) is 30.1 Å². The molecule has 3 saturated heterocycles. The summed E-state index contributed by atoms with van der Waals surface area (Å²) in [5.74, 6) is 2.20. The van der Waals surface area contributed by atoms with Gasteiger partial charge in [0, 0.05) is 45.1 Å². The summed E-state index contributed by atoms with van der Waals surface area (Å²) in [6.45, 7) is 2.20. The number of guanidine groups is 1. The highest BCUT2D eigenvalue weighted by Gasteiger charge is 2.53. The van der Waals surface area contributed by atoms with Gasteiger partial charge in [-0.2, -0.15) is 0 Å². The third-order valence-corrected chi connectivity index (χ3v) is 7.30. The topological polar surface area (TPSA) is 57.2 Å². The van der Waals surface area contributed by atoms with Crippen LogP contribution >= 0.6 is 24.0 Å². The summed E-state index contributed by atoms with van der Waals surface area (Å²) < 4.78 is 6.14. The fourth-order valence-corrected chi connectivity index (χ4v) is 5.66. The van der Waals surface area contributed by atoms with Crippen molar-refractivity contribution in [1.29, 1.82) is 0 Å². The number of halogens is 1. The maximum absolute atomic E-state index is 12.2. The first kappa shape index (κ1) is 21.9. The number of likely N-dealkylation sites (tertiary alicyclic amines) is 1. The number of aryl methyl sites for hydroxylation is 1. The molecule has 3 aliphatic heterocycles. The van der Waals surface area contributed by atoms with Gasteiger partial charge in [-0.25, -0.2) is 4.99 Å². The van der Waals surface area contributed by atoms with Gasteiger partial charge in [0.05, 0.1) is 12.2 Å². The smallest absolute Gasteiger partial charge is 0.243 e. The summed E-state index contributed by atoms with van der Waals surface area (Å²) in [4.78, 5) is 21.0. The van der Waals surface area contributed by atoms with E-state index in [1.165, 1.54) is 24.0 Å². The summed E-state index contributed by atoms with van der Waals surface area (Å²) in [6.07, 6.45) is 6.50. The second kappa shape index (κ2) is 9.02. The van der Waals surface area contributed by atoms with Crippen molar-refractivity contribution in [2.45, 2.75) is 50.4 Å². The van der Waals surface area contributed by atoms with Crippen LogP contribution in [-0.2, 0) is 22.4 Å². The zero-order valence-electron chi connectivity index (χ0n) is 17.9. The molecule has 7 heteroatoms. The van der Waals surface area contributed by atoms with Crippen molar-refractivity contribution in [3.05, 3.63) is 35.4 Å². The second-order valence-electron chi connectivity index (χ2n) is 9.30. The first-order chi connectivity index (χ1) is 14.1. The van der Waals surface area contributed by atoms with E-state index in [2.05, 4.69) is 34.5 Å². The number of hydrogen-bond donors (Lipinski definition) is 1. The molecule has 5 unspecified atom stereocenters. The molecule has 0 aromatic heterocycles. The summed E-state index contributed by atoms with van der Waals surface area (Å²) in [7, 11) is 3.58. The molecule has 1 aromatic carbocycles. The Balaban J connectivity index is 0.00000218. The van der Waals surface area contributed by atoms with Crippen molar-refractivity contribution in [2.24, 2.45) is 16.8 Å². The number of fused-ring (bicyclic) bond motifs is 6. The molecule has 1 aromatic rings. The third-order valence-electron chi connectivity index (χ3n) is 7.30. The van der Waals surface area contributed by atoms with Crippen LogP contribution in [0.25, 0.3) is 0 Å². The van der Waals surface area contributed by atoms with E-state index in [0.717, 1.165) is 38.3 Å². The van der Waals surface area contributed by atoms with Crippen molar-refractivity contribution in [3.63, 3.8) is 0 Å². The minimum Gasteiger partial charge on any atom is -0.374 e. The number of ether oxygens (including phenoxy) is 1. The molecule has 4 aliphatic rings. The highest BCUT2D eigenvalue weighted by Crippen LogP contribution is 2.47. The van der Waals surface area contributed by atoms with Crippen LogP contribution in [0.15, 0.2) is 29.3 Å². The van der Waals surface area contributed by atoms with Crippen molar-refractivity contribution in [1.82, 2.24) is 15.1 Å². The SMILES string of the molecule is CN(C)C(=O)CN=C(NC1CCc2ccccc2C1)N1CC2C3CCC(O3)C2C1.I. The van der Waals surface area contributed by atoms with Crippen LogP contribution in [-0.4, -0.2) is 73.6 Å². The number of benzene rings is 1. The van der Waals surface area contributed by atoms with Gasteiger partial charge in [0.25, 0.3) is 0 Å². The molecule has 5 rings (SSSR count). The molecule has 0 radical (unpaired) electrons. The summed E-state index contributed by atoms with van der Waals surface area (Å²) >= 11 is 0. The fourth-order valence-electron chi connectivity index (χ4n) is 5.66. The lowest BCUT2D eigenvalue weighted by Gasteiger charge is -2.31. The molecule has 1 amide bonds. The predicted molar refractivity (Wildman–Crippen MR) is 128 cm³/mol. The van der Waals surface area contributed by atoms with Crippen LogP contribution in [0.5, 0.6) is 0 Å². The molecular formula is C23H33IN4O2. The zero-order valence-corrected chi connectivity index (χ0v) is 20.2. The average molecular weight is 524 g/mol. The van der Waals surface area contributed by atoms with Gasteiger partial charge in [-0.15, -0.1) is 24.0 Å². The first-order valence-corrected chi connectivity index (χ1v) is 11.1. The number of carbonyl (C=O) groups is 1. The normalized spacial score (nSPS) is 31.7. The molecule has 1 aliphatic carbocycles. The van der Waals surface area contributed by atoms with E-state index in [-0.39, 0.29) is 36.4 Å². The first-order valence-electron chi connectivity index (χ1n) is 11.1. The quantitative estimate of drug-likeness (QED) is 0.375. The largest absolute Gasteiger partial charge is 0.374 e. The van der Waals surface area contributed by atoms with Gasteiger partial charge in [-0.1, -0.05) is 24.3 Å². The van der Waals surface area contributed by atoms with E-state index >= 15 is 0 Å². The molecule has 3 heterocycles. The Hall–Kier alpha value is -1.35. The molecule has 5 atom stereocenters. The van der Waals surface area contributed by atoms with Gasteiger partial charge in [0.2, 0.25) is 5.91 Å². The maximum atomic E-state index is 12.2. The molecule has 3 fully saturated rings. The summed E-state index contributed by atoms with van der Waals surface area (Å²) in [5, 5.41) is 3.74. The summed E-state index contributed by atoms with van der Waals surface area (Å²) in [6, 6.07) is 9.11. The number of aliphatic imine (C=N–C) groups is 1. The Morgan fingerprint density at radius 2 is 1.80 bits per heavy atom. The van der Waals surface area contributed by atoms with Crippen LogP contribution in [0.3, 0.4) is 0 Å². The van der Waals surface area contributed by atoms with Gasteiger partial charge >= 0.3 is 0 Å². The fraction of sp³-hybridized carbons (Fsp3) is 0.652. The number of amides is 1. The molecule has 0 saturated carbocycles. The molecule has 30 heavy (non-hydrogen) atoms. The highest BCUT2D eigenvalue weighted by atomic mass is 127. The molecule has 6 nitrogen and oxygen atoms in total. The van der Waals surface area contributed by atoms with Crippen LogP contribution in [0, 0.1) is 11.8 Å². The zero-order chi connectivity index (χ0) is 20.0. The van der Waals surface area contributed by atoms with E-state index < -0.39 is 0 Å². The lowest BCUT2D eigenvalue weighted by molar-refractivity contribution is -0.127. The Labute approximate surface area is 196 Å². The maximum Gasteiger partial charge on any atom is 0.243 e. The van der Waals surface area contributed by atoms with Gasteiger partial charge in [0.1, 0.15) is 6.54 Å². The van der Waals surface area contributed by atoms with Gasteiger partial charge in [0.15, 0.2) is 5.96 Å². The van der Waals surface area contributed by atoms with Gasteiger partial charge in [-0.05, 0) is 43.2 Å². The third kappa shape index (κ3) is 4.20. The molecule has 164 valence electrons. The van der Waals surface area contributed by atoms with Crippen LogP contribution < -0.4 is 5.32 Å². The number of nitrogens with one attached hydrogen (secondary N) is 1. The van der Waals surface area contributed by atoms with E-state index in [4.69, 9.17) is 9.73 Å². The van der Waals surface area contributed by atoms with E-state index in [1.54, 1.807) is 19.0 Å². The number of likely N-dealkylation sites (N-methyl/N-ethyl adjacent to an activating group) is 1. The molecule has 1 N–H and O–H groups in total. The standard InChI is InChI=1S/C23H32N4O2.HI/c1-26(2)22(28)12-24-23(25-17-8-7-15-5-3-4-6-16(15)11-17)27-13-18-19(14-27)21-10-9-20(18)29-21;/h3-6,17-21H,7-14H2,1-2H3,(H,24,25);1H. The Kier molecular flexibility index (Phi) is 6.58. The predicted octanol–water partition coefficient (Wildman–Crippen LogP) is 2.30. The average Bonchev–Trinajstić information content (AvgIpc) is 3.44. The minimum absolute atomic E-state index is 0. The number of carbonyl (C=O) groups excluding carboxylic acids is 1. The number of rotatable bonds is 3. The Morgan fingerprint density at radius 3 is 2.47 bits per heavy atom. The van der Waals surface area contributed by atoms with E-state index in [9.17, 15) is 4.79 Å². The minimum atomic E-state index is 0. The van der Waals surface area contributed by atoms with Crippen LogP contribution in [0.1, 0.15) is 30.4 Å². The summed E-state index contributed by atoms with van der Waals surface area (Å²) in [5.41, 5.74) is 2.90. The van der Waals surface area contributed by atoms with Crippen LogP contribution in [0.4, 0.5) is 0 Å². The van der Waals surface area contributed by atoms with Crippen molar-refractivity contribution in [3.8, 4) is 0 Å².